The van der Waals surface area contributed by atoms with E-state index < -0.39 is 5.41 Å². The maximum Gasteiger partial charge on any atom is 0.233 e. The highest BCUT2D eigenvalue weighted by molar-refractivity contribution is 6.00. The SMILES string of the molecule is CC(C[C@]1(C)CCN(c2cccc(O)c2)C1=O)N=C(N)c1cccc(F)c1. The molecule has 0 aromatic heterocycles. The van der Waals surface area contributed by atoms with Crippen molar-refractivity contribution in [2.24, 2.45) is 16.1 Å². The van der Waals surface area contributed by atoms with E-state index in [1.165, 1.54) is 12.1 Å². The fraction of sp³-hybridized carbons (Fsp3) is 0.333. The molecule has 0 bridgehead atoms. The number of phenols is 1. The summed E-state index contributed by atoms with van der Waals surface area (Å²) in [5, 5.41) is 9.67. The van der Waals surface area contributed by atoms with Gasteiger partial charge >= 0.3 is 0 Å². The van der Waals surface area contributed by atoms with Gasteiger partial charge in [0, 0.05) is 23.9 Å². The van der Waals surface area contributed by atoms with Crippen LogP contribution in [0.3, 0.4) is 0 Å². The van der Waals surface area contributed by atoms with Gasteiger partial charge in [-0.1, -0.05) is 25.1 Å². The normalized spacial score (nSPS) is 21.5. The highest BCUT2D eigenvalue weighted by Gasteiger charge is 2.44. The first-order valence-electron chi connectivity index (χ1n) is 8.99. The van der Waals surface area contributed by atoms with E-state index in [1.807, 2.05) is 19.9 Å². The zero-order valence-electron chi connectivity index (χ0n) is 15.5. The van der Waals surface area contributed by atoms with Gasteiger partial charge < -0.3 is 15.7 Å². The Balaban J connectivity index is 1.73. The van der Waals surface area contributed by atoms with E-state index in [0.717, 1.165) is 0 Å². The molecule has 3 rings (SSSR count). The highest BCUT2D eigenvalue weighted by atomic mass is 19.1. The highest BCUT2D eigenvalue weighted by Crippen LogP contribution is 2.39. The molecular weight excluding hydrogens is 345 g/mol. The lowest BCUT2D eigenvalue weighted by atomic mass is 9.82. The van der Waals surface area contributed by atoms with E-state index in [9.17, 15) is 14.3 Å². The molecular formula is C21H24FN3O2. The molecule has 2 aromatic carbocycles. The van der Waals surface area contributed by atoms with Crippen molar-refractivity contribution in [1.29, 1.82) is 0 Å². The Kier molecular flexibility index (Phi) is 5.17. The van der Waals surface area contributed by atoms with Gasteiger partial charge in [-0.2, -0.15) is 0 Å². The molecule has 2 aromatic rings. The summed E-state index contributed by atoms with van der Waals surface area (Å²) in [6.07, 6.45) is 1.23. The summed E-state index contributed by atoms with van der Waals surface area (Å²) in [6, 6.07) is 12.5. The predicted octanol–water partition coefficient (Wildman–Crippen LogP) is 3.46. The molecule has 142 valence electrons. The van der Waals surface area contributed by atoms with Crippen LogP contribution in [0.25, 0.3) is 0 Å². The molecule has 0 radical (unpaired) electrons. The molecule has 2 atom stereocenters. The summed E-state index contributed by atoms with van der Waals surface area (Å²) in [7, 11) is 0. The zero-order valence-corrected chi connectivity index (χ0v) is 15.5. The summed E-state index contributed by atoms with van der Waals surface area (Å²) in [4.78, 5) is 19.2. The van der Waals surface area contributed by atoms with Crippen LogP contribution in [0.4, 0.5) is 10.1 Å². The Hall–Kier alpha value is -2.89. The van der Waals surface area contributed by atoms with Crippen molar-refractivity contribution >= 4 is 17.4 Å². The molecule has 27 heavy (non-hydrogen) atoms. The van der Waals surface area contributed by atoms with Gasteiger partial charge in [0.2, 0.25) is 5.91 Å². The van der Waals surface area contributed by atoms with E-state index in [4.69, 9.17) is 5.73 Å². The van der Waals surface area contributed by atoms with Crippen LogP contribution in [-0.4, -0.2) is 29.4 Å². The molecule has 1 heterocycles. The van der Waals surface area contributed by atoms with Gasteiger partial charge in [-0.15, -0.1) is 0 Å². The van der Waals surface area contributed by atoms with Crippen molar-refractivity contribution in [3.8, 4) is 5.75 Å². The number of halogens is 1. The smallest absolute Gasteiger partial charge is 0.233 e. The Bertz CT molecular complexity index is 883. The molecule has 1 aliphatic rings. The molecule has 1 aliphatic heterocycles. The number of aromatic hydroxyl groups is 1. The van der Waals surface area contributed by atoms with Gasteiger partial charge in [0.25, 0.3) is 0 Å². The van der Waals surface area contributed by atoms with Gasteiger partial charge in [0.15, 0.2) is 0 Å². The topological polar surface area (TPSA) is 78.9 Å². The van der Waals surface area contributed by atoms with Crippen LogP contribution < -0.4 is 10.6 Å². The number of nitrogens with two attached hydrogens (primary N) is 1. The van der Waals surface area contributed by atoms with E-state index in [2.05, 4.69) is 4.99 Å². The van der Waals surface area contributed by atoms with Gasteiger partial charge in [-0.05, 0) is 44.0 Å². The first-order chi connectivity index (χ1) is 12.8. The monoisotopic (exact) mass is 369 g/mol. The number of amides is 1. The molecule has 1 saturated heterocycles. The molecule has 0 spiro atoms. The quantitative estimate of drug-likeness (QED) is 0.626. The number of amidine groups is 1. The molecule has 0 saturated carbocycles. The third kappa shape index (κ3) is 4.10. The first kappa shape index (κ1) is 18.9. The van der Waals surface area contributed by atoms with Crippen molar-refractivity contribution in [3.63, 3.8) is 0 Å². The minimum absolute atomic E-state index is 0.0134. The lowest BCUT2D eigenvalue weighted by molar-refractivity contribution is -0.125. The average Bonchev–Trinajstić information content (AvgIpc) is 2.89. The molecule has 0 aliphatic carbocycles. The summed E-state index contributed by atoms with van der Waals surface area (Å²) in [6.45, 7) is 4.43. The fourth-order valence-electron chi connectivity index (χ4n) is 3.65. The lowest BCUT2D eigenvalue weighted by Crippen LogP contribution is -2.34. The van der Waals surface area contributed by atoms with Crippen LogP contribution in [0.1, 0.15) is 32.3 Å². The lowest BCUT2D eigenvalue weighted by Gasteiger charge is -2.25. The minimum atomic E-state index is -0.559. The van der Waals surface area contributed by atoms with Crippen molar-refractivity contribution in [2.45, 2.75) is 32.7 Å². The van der Waals surface area contributed by atoms with Crippen molar-refractivity contribution in [1.82, 2.24) is 0 Å². The third-order valence-corrected chi connectivity index (χ3v) is 5.02. The number of phenolic OH excluding ortho intramolecular Hbond substituents is 1. The van der Waals surface area contributed by atoms with E-state index in [0.29, 0.717) is 30.6 Å². The van der Waals surface area contributed by atoms with E-state index in [-0.39, 0.29) is 29.4 Å². The summed E-state index contributed by atoms with van der Waals surface area (Å²) < 4.78 is 13.4. The number of hydrogen-bond donors (Lipinski definition) is 2. The van der Waals surface area contributed by atoms with Gasteiger partial charge in [0.05, 0.1) is 11.5 Å². The maximum absolute atomic E-state index is 13.4. The standard InChI is InChI=1S/C21H24FN3O2/c1-14(24-19(23)15-5-3-6-16(22)11-15)13-21(2)9-10-25(20(21)27)17-7-4-8-18(26)12-17/h3-8,11-12,14,26H,9-10,13H2,1-2H3,(H2,23,24)/t14?,21-/m0/s1. The number of hydrogen-bond acceptors (Lipinski definition) is 3. The second-order valence-electron chi connectivity index (χ2n) is 7.37. The van der Waals surface area contributed by atoms with Crippen LogP contribution in [0.2, 0.25) is 0 Å². The van der Waals surface area contributed by atoms with E-state index >= 15 is 0 Å². The maximum atomic E-state index is 13.4. The average molecular weight is 369 g/mol. The van der Waals surface area contributed by atoms with Gasteiger partial charge in [0.1, 0.15) is 17.4 Å². The van der Waals surface area contributed by atoms with Crippen LogP contribution in [-0.2, 0) is 4.79 Å². The number of carbonyl (C=O) groups excluding carboxylic acids is 1. The molecule has 3 N–H and O–H groups in total. The van der Waals surface area contributed by atoms with E-state index in [1.54, 1.807) is 35.2 Å². The Morgan fingerprint density at radius 2 is 2.07 bits per heavy atom. The van der Waals surface area contributed by atoms with Crippen molar-refractivity contribution in [3.05, 3.63) is 59.9 Å². The Morgan fingerprint density at radius 1 is 1.33 bits per heavy atom. The largest absolute Gasteiger partial charge is 0.508 e. The molecule has 1 amide bonds. The van der Waals surface area contributed by atoms with Gasteiger partial charge in [-0.25, -0.2) is 4.39 Å². The number of anilines is 1. The summed E-state index contributed by atoms with van der Waals surface area (Å²) >= 11 is 0. The number of aliphatic imine (C=N–C) groups is 1. The minimum Gasteiger partial charge on any atom is -0.508 e. The number of rotatable bonds is 5. The zero-order chi connectivity index (χ0) is 19.6. The number of benzene rings is 2. The second kappa shape index (κ2) is 7.39. The van der Waals surface area contributed by atoms with Crippen LogP contribution in [0, 0.1) is 11.2 Å². The summed E-state index contributed by atoms with van der Waals surface area (Å²) in [5.41, 5.74) is 6.68. The van der Waals surface area contributed by atoms with Crippen LogP contribution >= 0.6 is 0 Å². The molecule has 5 nitrogen and oxygen atoms in total. The van der Waals surface area contributed by atoms with Crippen LogP contribution in [0.15, 0.2) is 53.5 Å². The van der Waals surface area contributed by atoms with Crippen LogP contribution in [0.5, 0.6) is 5.75 Å². The first-order valence-corrected chi connectivity index (χ1v) is 8.99. The fourth-order valence-corrected chi connectivity index (χ4v) is 3.65. The molecule has 1 fully saturated rings. The third-order valence-electron chi connectivity index (χ3n) is 5.02. The number of carbonyl (C=O) groups is 1. The Morgan fingerprint density at radius 3 is 2.78 bits per heavy atom. The van der Waals surface area contributed by atoms with Crippen molar-refractivity contribution in [2.75, 3.05) is 11.4 Å². The summed E-state index contributed by atoms with van der Waals surface area (Å²) in [5.74, 6) is 0.0492. The number of nitrogens with zero attached hydrogens (tertiary/aromatic N) is 2. The molecule has 1 unspecified atom stereocenters. The molecule has 6 heteroatoms. The second-order valence-corrected chi connectivity index (χ2v) is 7.37. The van der Waals surface area contributed by atoms with Gasteiger partial charge in [-0.3, -0.25) is 9.79 Å². The Labute approximate surface area is 158 Å². The predicted molar refractivity (Wildman–Crippen MR) is 104 cm³/mol. The van der Waals surface area contributed by atoms with Crippen molar-refractivity contribution < 1.29 is 14.3 Å².